The Balaban J connectivity index is 1.79. The van der Waals surface area contributed by atoms with Crippen LogP contribution >= 0.6 is 0 Å². The van der Waals surface area contributed by atoms with Gasteiger partial charge in [0, 0.05) is 0 Å². The minimum atomic E-state index is -0.546. The Morgan fingerprint density at radius 3 is 2.18 bits per heavy atom. The summed E-state index contributed by atoms with van der Waals surface area (Å²) in [7, 11) is 1.52. The molecule has 0 unspecified atom stereocenters. The maximum atomic E-state index is 13.5. The number of nitrogens with zero attached hydrogens (tertiary/aromatic N) is 1. The van der Waals surface area contributed by atoms with E-state index in [9.17, 15) is 14.0 Å². The number of halogens is 1. The predicted molar refractivity (Wildman–Crippen MR) is 125 cm³/mol. The van der Waals surface area contributed by atoms with Crippen LogP contribution in [0.5, 0.6) is 11.5 Å². The summed E-state index contributed by atoms with van der Waals surface area (Å²) in [5, 5.41) is 3.08. The number of carbonyl (C=O) groups excluding carboxylic acids is 2. The van der Waals surface area contributed by atoms with Crippen LogP contribution in [0.4, 0.5) is 15.8 Å². The van der Waals surface area contributed by atoms with E-state index in [1.807, 2.05) is 13.8 Å². The van der Waals surface area contributed by atoms with Gasteiger partial charge in [-0.3, -0.25) is 9.59 Å². The van der Waals surface area contributed by atoms with Crippen molar-refractivity contribution in [1.29, 1.82) is 0 Å². The third-order valence-electron chi connectivity index (χ3n) is 5.05. The molecule has 1 heterocycles. The number of para-hydroxylation sites is 2. The second kappa shape index (κ2) is 9.16. The Morgan fingerprint density at radius 1 is 0.879 bits per heavy atom. The Hall–Kier alpha value is -4.13. The topological polar surface area (TPSA) is 67.9 Å². The van der Waals surface area contributed by atoms with E-state index in [0.717, 1.165) is 4.90 Å². The third kappa shape index (κ3) is 4.43. The predicted octanol–water partition coefficient (Wildman–Crippen LogP) is 5.02. The van der Waals surface area contributed by atoms with Crippen molar-refractivity contribution in [2.45, 2.75) is 20.0 Å². The first-order valence-electron chi connectivity index (χ1n) is 10.4. The van der Waals surface area contributed by atoms with Crippen LogP contribution in [-0.4, -0.2) is 25.0 Å². The van der Waals surface area contributed by atoms with Crippen LogP contribution < -0.4 is 19.7 Å². The Kier molecular flexibility index (Phi) is 6.13. The van der Waals surface area contributed by atoms with Crippen molar-refractivity contribution in [1.82, 2.24) is 0 Å². The SMILES string of the molecule is COc1ccccc1NC1=C(c2ccc(OC(C)C)cc2)C(=O)N(c2ccc(F)cc2)C1=O. The standard InChI is InChI=1S/C26H23FN2O4/c1-16(2)33-20-14-8-17(9-15-20)23-24(28-21-6-4-5-7-22(21)32-3)26(31)29(25(23)30)19-12-10-18(27)11-13-19/h4-16,28H,1-3H3. The van der Waals surface area contributed by atoms with Crippen molar-refractivity contribution in [2.24, 2.45) is 0 Å². The maximum Gasteiger partial charge on any atom is 0.282 e. The Morgan fingerprint density at radius 2 is 1.55 bits per heavy atom. The van der Waals surface area contributed by atoms with Gasteiger partial charge in [-0.15, -0.1) is 0 Å². The van der Waals surface area contributed by atoms with E-state index in [1.54, 1.807) is 48.5 Å². The van der Waals surface area contributed by atoms with Crippen LogP contribution in [0.15, 0.2) is 78.5 Å². The number of hydrogen-bond donors (Lipinski definition) is 1. The number of anilines is 2. The molecule has 168 valence electrons. The first kappa shape index (κ1) is 22.1. The van der Waals surface area contributed by atoms with Gasteiger partial charge in [0.2, 0.25) is 0 Å². The molecular formula is C26H23FN2O4. The highest BCUT2D eigenvalue weighted by atomic mass is 19.1. The van der Waals surface area contributed by atoms with Gasteiger partial charge in [-0.1, -0.05) is 24.3 Å². The molecule has 33 heavy (non-hydrogen) atoms. The lowest BCUT2D eigenvalue weighted by Gasteiger charge is -2.16. The van der Waals surface area contributed by atoms with E-state index >= 15 is 0 Å². The van der Waals surface area contributed by atoms with E-state index in [4.69, 9.17) is 9.47 Å². The lowest BCUT2D eigenvalue weighted by Crippen LogP contribution is -2.32. The molecule has 0 bridgehead atoms. The summed E-state index contributed by atoms with van der Waals surface area (Å²) in [5.41, 5.74) is 1.67. The van der Waals surface area contributed by atoms with Crippen LogP contribution in [0, 0.1) is 5.82 Å². The highest BCUT2D eigenvalue weighted by molar-refractivity contribution is 6.46. The molecule has 3 aromatic carbocycles. The van der Waals surface area contributed by atoms with E-state index in [2.05, 4.69) is 5.32 Å². The number of amides is 2. The van der Waals surface area contributed by atoms with Gasteiger partial charge in [0.1, 0.15) is 23.0 Å². The summed E-state index contributed by atoms with van der Waals surface area (Å²) < 4.78 is 24.5. The molecule has 0 aromatic heterocycles. The fraction of sp³-hybridized carbons (Fsp3) is 0.154. The molecule has 0 spiro atoms. The Labute approximate surface area is 191 Å². The fourth-order valence-corrected chi connectivity index (χ4v) is 3.59. The molecule has 1 aliphatic rings. The molecule has 0 fully saturated rings. The van der Waals surface area contributed by atoms with Crippen LogP contribution in [0.25, 0.3) is 5.57 Å². The van der Waals surface area contributed by atoms with Crippen molar-refractivity contribution in [3.8, 4) is 11.5 Å². The number of hydrogen-bond acceptors (Lipinski definition) is 5. The van der Waals surface area contributed by atoms with E-state index in [0.29, 0.717) is 22.7 Å². The van der Waals surface area contributed by atoms with Gasteiger partial charge < -0.3 is 14.8 Å². The number of rotatable bonds is 7. The lowest BCUT2D eigenvalue weighted by atomic mass is 10.0. The Bertz CT molecular complexity index is 1220. The molecule has 0 atom stereocenters. The minimum Gasteiger partial charge on any atom is -0.495 e. The second-order valence-corrected chi connectivity index (χ2v) is 7.69. The van der Waals surface area contributed by atoms with Gasteiger partial charge in [0.15, 0.2) is 0 Å². The smallest absolute Gasteiger partial charge is 0.282 e. The van der Waals surface area contributed by atoms with Crippen LogP contribution in [0.3, 0.4) is 0 Å². The largest absolute Gasteiger partial charge is 0.495 e. The zero-order valence-electron chi connectivity index (χ0n) is 18.5. The average Bonchev–Trinajstić information content (AvgIpc) is 3.04. The molecule has 0 saturated heterocycles. The summed E-state index contributed by atoms with van der Waals surface area (Å²) >= 11 is 0. The van der Waals surface area contributed by atoms with Gasteiger partial charge >= 0.3 is 0 Å². The maximum absolute atomic E-state index is 13.5. The van der Waals surface area contributed by atoms with Gasteiger partial charge in [-0.05, 0) is 67.9 Å². The molecule has 7 heteroatoms. The number of imide groups is 1. The normalized spacial score (nSPS) is 13.7. The molecular weight excluding hydrogens is 423 g/mol. The minimum absolute atomic E-state index is 0.00139. The lowest BCUT2D eigenvalue weighted by molar-refractivity contribution is -0.120. The third-order valence-corrected chi connectivity index (χ3v) is 5.05. The summed E-state index contributed by atoms with van der Waals surface area (Å²) in [6.45, 7) is 3.84. The zero-order valence-corrected chi connectivity index (χ0v) is 18.5. The number of benzene rings is 3. The molecule has 4 rings (SSSR count). The number of nitrogens with one attached hydrogen (secondary N) is 1. The molecule has 0 radical (unpaired) electrons. The van der Waals surface area contributed by atoms with Crippen molar-refractivity contribution >= 4 is 28.8 Å². The van der Waals surface area contributed by atoms with Crippen LogP contribution in [0.1, 0.15) is 19.4 Å². The quantitative estimate of drug-likeness (QED) is 0.517. The average molecular weight is 446 g/mol. The van der Waals surface area contributed by atoms with Crippen LogP contribution in [0.2, 0.25) is 0 Å². The molecule has 3 aromatic rings. The molecule has 0 saturated carbocycles. The van der Waals surface area contributed by atoms with E-state index in [1.165, 1.54) is 31.4 Å². The second-order valence-electron chi connectivity index (χ2n) is 7.69. The van der Waals surface area contributed by atoms with Crippen molar-refractivity contribution in [2.75, 3.05) is 17.3 Å². The zero-order chi connectivity index (χ0) is 23.5. The summed E-state index contributed by atoms with van der Waals surface area (Å²) in [5.74, 6) is -0.345. The summed E-state index contributed by atoms with van der Waals surface area (Å²) in [6.07, 6.45) is 0.00139. The van der Waals surface area contributed by atoms with Crippen molar-refractivity contribution in [3.63, 3.8) is 0 Å². The molecule has 1 aliphatic heterocycles. The summed E-state index contributed by atoms with van der Waals surface area (Å²) in [6, 6.07) is 19.3. The first-order chi connectivity index (χ1) is 15.9. The van der Waals surface area contributed by atoms with Crippen LogP contribution in [-0.2, 0) is 9.59 Å². The van der Waals surface area contributed by atoms with Gasteiger partial charge in [-0.2, -0.15) is 0 Å². The van der Waals surface area contributed by atoms with Gasteiger partial charge in [-0.25, -0.2) is 9.29 Å². The monoisotopic (exact) mass is 446 g/mol. The molecule has 6 nitrogen and oxygen atoms in total. The number of carbonyl (C=O) groups is 2. The van der Waals surface area contributed by atoms with Gasteiger partial charge in [0.25, 0.3) is 11.8 Å². The number of ether oxygens (including phenoxy) is 2. The number of methoxy groups -OCH3 is 1. The molecule has 0 aliphatic carbocycles. The van der Waals surface area contributed by atoms with Crippen molar-refractivity contribution < 1.29 is 23.5 Å². The van der Waals surface area contributed by atoms with Crippen molar-refractivity contribution in [3.05, 3.63) is 89.9 Å². The highest BCUT2D eigenvalue weighted by Gasteiger charge is 2.40. The first-order valence-corrected chi connectivity index (χ1v) is 10.4. The molecule has 2 amide bonds. The van der Waals surface area contributed by atoms with Gasteiger partial charge in [0.05, 0.1) is 30.2 Å². The highest BCUT2D eigenvalue weighted by Crippen LogP contribution is 2.36. The fourth-order valence-electron chi connectivity index (χ4n) is 3.59. The summed E-state index contributed by atoms with van der Waals surface area (Å²) in [4.78, 5) is 27.9. The van der Waals surface area contributed by atoms with E-state index < -0.39 is 17.6 Å². The molecule has 1 N–H and O–H groups in total. The van der Waals surface area contributed by atoms with E-state index in [-0.39, 0.29) is 23.1 Å².